The Balaban J connectivity index is 1.59. The highest BCUT2D eigenvalue weighted by Crippen LogP contribution is 2.23. The molecule has 1 fully saturated rings. The standard InChI is InChI=1S/C18H22N4O3/c1-12-10-16(21-25-12)18(24)19-13(2)17(23)20-14-6-5-7-15(11-14)22-8-3-4-9-22/h5-7,10-11,13H,3-4,8-9H2,1-2H3,(H,19,24)(H,20,23)/t13-/m0/s1. The van der Waals surface area contributed by atoms with E-state index in [-0.39, 0.29) is 11.6 Å². The fourth-order valence-electron chi connectivity index (χ4n) is 2.82. The van der Waals surface area contributed by atoms with Crippen molar-refractivity contribution >= 4 is 23.2 Å². The molecule has 1 aliphatic heterocycles. The van der Waals surface area contributed by atoms with Crippen molar-refractivity contribution in [1.82, 2.24) is 10.5 Å². The molecule has 25 heavy (non-hydrogen) atoms. The summed E-state index contributed by atoms with van der Waals surface area (Å²) in [6.45, 7) is 5.42. The Labute approximate surface area is 146 Å². The molecular formula is C18H22N4O3. The third-order valence-electron chi connectivity index (χ3n) is 4.19. The van der Waals surface area contributed by atoms with E-state index in [4.69, 9.17) is 4.52 Å². The van der Waals surface area contributed by atoms with Crippen LogP contribution in [0.3, 0.4) is 0 Å². The Bertz CT molecular complexity index is 765. The van der Waals surface area contributed by atoms with Crippen LogP contribution < -0.4 is 15.5 Å². The van der Waals surface area contributed by atoms with Crippen molar-refractivity contribution < 1.29 is 14.1 Å². The van der Waals surface area contributed by atoms with Crippen molar-refractivity contribution in [2.24, 2.45) is 0 Å². The molecule has 0 unspecified atom stereocenters. The van der Waals surface area contributed by atoms with Gasteiger partial charge in [-0.2, -0.15) is 0 Å². The molecule has 1 atom stereocenters. The zero-order chi connectivity index (χ0) is 17.8. The SMILES string of the molecule is Cc1cc(C(=O)N[C@@H](C)C(=O)Nc2cccc(N3CCCC3)c2)no1. The third-order valence-corrected chi connectivity index (χ3v) is 4.19. The highest BCUT2D eigenvalue weighted by atomic mass is 16.5. The van der Waals surface area contributed by atoms with E-state index in [2.05, 4.69) is 20.7 Å². The van der Waals surface area contributed by atoms with Gasteiger partial charge in [-0.15, -0.1) is 0 Å². The van der Waals surface area contributed by atoms with Gasteiger partial charge in [-0.3, -0.25) is 9.59 Å². The quantitative estimate of drug-likeness (QED) is 0.871. The maximum absolute atomic E-state index is 12.3. The van der Waals surface area contributed by atoms with Crippen LogP contribution in [0, 0.1) is 6.92 Å². The number of carbonyl (C=O) groups is 2. The molecule has 0 bridgehead atoms. The van der Waals surface area contributed by atoms with Gasteiger partial charge in [0.05, 0.1) is 0 Å². The predicted octanol–water partition coefficient (Wildman–Crippen LogP) is 2.34. The lowest BCUT2D eigenvalue weighted by Crippen LogP contribution is -2.41. The summed E-state index contributed by atoms with van der Waals surface area (Å²) in [6.07, 6.45) is 2.39. The number of aromatic nitrogens is 1. The van der Waals surface area contributed by atoms with E-state index in [9.17, 15) is 9.59 Å². The fraction of sp³-hybridized carbons (Fsp3) is 0.389. The molecule has 132 valence electrons. The summed E-state index contributed by atoms with van der Waals surface area (Å²) in [5.74, 6) is -0.182. The smallest absolute Gasteiger partial charge is 0.274 e. The van der Waals surface area contributed by atoms with Crippen LogP contribution in [0.5, 0.6) is 0 Å². The maximum Gasteiger partial charge on any atom is 0.274 e. The number of amides is 2. The zero-order valence-electron chi connectivity index (χ0n) is 14.4. The first kappa shape index (κ1) is 17.0. The van der Waals surface area contributed by atoms with Crippen molar-refractivity contribution in [2.45, 2.75) is 32.7 Å². The maximum atomic E-state index is 12.3. The molecule has 0 aliphatic carbocycles. The topological polar surface area (TPSA) is 87.5 Å². The molecular weight excluding hydrogens is 320 g/mol. The molecule has 7 nitrogen and oxygen atoms in total. The average Bonchev–Trinajstić information content (AvgIpc) is 3.26. The molecule has 7 heteroatoms. The van der Waals surface area contributed by atoms with Crippen LogP contribution in [-0.4, -0.2) is 36.1 Å². The van der Waals surface area contributed by atoms with E-state index in [1.54, 1.807) is 13.8 Å². The second-order valence-electron chi connectivity index (χ2n) is 6.25. The molecule has 2 aromatic rings. The Morgan fingerprint density at radius 1 is 1.24 bits per heavy atom. The average molecular weight is 342 g/mol. The van der Waals surface area contributed by atoms with Crippen molar-refractivity contribution in [3.05, 3.63) is 41.8 Å². The lowest BCUT2D eigenvalue weighted by atomic mass is 10.2. The second-order valence-corrected chi connectivity index (χ2v) is 6.25. The summed E-state index contributed by atoms with van der Waals surface area (Å²) in [4.78, 5) is 26.7. The van der Waals surface area contributed by atoms with Crippen LogP contribution in [0.4, 0.5) is 11.4 Å². The number of hydrogen-bond acceptors (Lipinski definition) is 5. The molecule has 2 amide bonds. The van der Waals surface area contributed by atoms with Gasteiger partial charge in [0.15, 0.2) is 5.69 Å². The summed E-state index contributed by atoms with van der Waals surface area (Å²) >= 11 is 0. The van der Waals surface area contributed by atoms with E-state index in [0.29, 0.717) is 11.4 Å². The fourth-order valence-corrected chi connectivity index (χ4v) is 2.82. The monoisotopic (exact) mass is 342 g/mol. The van der Waals surface area contributed by atoms with E-state index in [0.717, 1.165) is 18.8 Å². The molecule has 2 heterocycles. The number of anilines is 2. The predicted molar refractivity (Wildman–Crippen MR) is 94.7 cm³/mol. The van der Waals surface area contributed by atoms with Crippen molar-refractivity contribution in [3.8, 4) is 0 Å². The highest BCUT2D eigenvalue weighted by molar-refractivity contribution is 6.00. The molecule has 1 aliphatic rings. The van der Waals surface area contributed by atoms with E-state index >= 15 is 0 Å². The number of aryl methyl sites for hydroxylation is 1. The first-order chi connectivity index (χ1) is 12.0. The van der Waals surface area contributed by atoms with Gasteiger partial charge in [-0.25, -0.2) is 0 Å². The molecule has 1 aromatic carbocycles. The molecule has 0 saturated carbocycles. The van der Waals surface area contributed by atoms with Crippen LogP contribution in [-0.2, 0) is 4.79 Å². The number of benzene rings is 1. The number of hydrogen-bond donors (Lipinski definition) is 2. The van der Waals surface area contributed by atoms with Crippen LogP contribution in [0.25, 0.3) is 0 Å². The Kier molecular flexibility index (Phi) is 5.02. The normalized spacial score (nSPS) is 15.0. The first-order valence-corrected chi connectivity index (χ1v) is 8.43. The molecule has 2 N–H and O–H groups in total. The molecule has 0 radical (unpaired) electrons. The van der Waals surface area contributed by atoms with Crippen molar-refractivity contribution in [2.75, 3.05) is 23.3 Å². The Morgan fingerprint density at radius 3 is 2.68 bits per heavy atom. The van der Waals surface area contributed by atoms with E-state index < -0.39 is 11.9 Å². The second kappa shape index (κ2) is 7.38. The van der Waals surface area contributed by atoms with Gasteiger partial charge < -0.3 is 20.1 Å². The van der Waals surface area contributed by atoms with Gasteiger partial charge in [0, 0.05) is 30.5 Å². The zero-order valence-corrected chi connectivity index (χ0v) is 14.4. The van der Waals surface area contributed by atoms with Gasteiger partial charge in [0.2, 0.25) is 5.91 Å². The number of rotatable bonds is 5. The molecule has 1 saturated heterocycles. The lowest BCUT2D eigenvalue weighted by Gasteiger charge is -2.19. The largest absolute Gasteiger partial charge is 0.371 e. The van der Waals surface area contributed by atoms with Crippen molar-refractivity contribution in [3.63, 3.8) is 0 Å². The number of nitrogens with zero attached hydrogens (tertiary/aromatic N) is 2. The van der Waals surface area contributed by atoms with E-state index in [1.807, 2.05) is 24.3 Å². The summed E-state index contributed by atoms with van der Waals surface area (Å²) in [5, 5.41) is 9.10. The van der Waals surface area contributed by atoms with Gasteiger partial charge in [-0.1, -0.05) is 11.2 Å². The lowest BCUT2D eigenvalue weighted by molar-refractivity contribution is -0.117. The Hall–Kier alpha value is -2.83. The minimum atomic E-state index is -0.694. The summed E-state index contributed by atoms with van der Waals surface area (Å²) in [6, 6.07) is 8.59. The number of carbonyl (C=O) groups excluding carboxylic acids is 2. The minimum Gasteiger partial charge on any atom is -0.371 e. The van der Waals surface area contributed by atoms with Crippen LogP contribution in [0.15, 0.2) is 34.9 Å². The summed E-state index contributed by atoms with van der Waals surface area (Å²) in [7, 11) is 0. The summed E-state index contributed by atoms with van der Waals surface area (Å²) < 4.78 is 4.87. The van der Waals surface area contributed by atoms with Crippen LogP contribution >= 0.6 is 0 Å². The third kappa shape index (κ3) is 4.17. The van der Waals surface area contributed by atoms with Crippen LogP contribution in [0.2, 0.25) is 0 Å². The van der Waals surface area contributed by atoms with Gasteiger partial charge in [-0.05, 0) is 44.9 Å². The van der Waals surface area contributed by atoms with E-state index in [1.165, 1.54) is 18.9 Å². The highest BCUT2D eigenvalue weighted by Gasteiger charge is 2.19. The van der Waals surface area contributed by atoms with Crippen LogP contribution in [0.1, 0.15) is 36.0 Å². The molecule has 0 spiro atoms. The molecule has 3 rings (SSSR count). The summed E-state index contributed by atoms with van der Waals surface area (Å²) in [5.41, 5.74) is 1.98. The Morgan fingerprint density at radius 2 is 2.00 bits per heavy atom. The minimum absolute atomic E-state index is 0.160. The van der Waals surface area contributed by atoms with Gasteiger partial charge in [0.1, 0.15) is 11.8 Å². The first-order valence-electron chi connectivity index (χ1n) is 8.43. The molecule has 1 aromatic heterocycles. The van der Waals surface area contributed by atoms with Crippen molar-refractivity contribution in [1.29, 1.82) is 0 Å². The van der Waals surface area contributed by atoms with Gasteiger partial charge >= 0.3 is 0 Å². The number of nitrogens with one attached hydrogen (secondary N) is 2. The van der Waals surface area contributed by atoms with Gasteiger partial charge in [0.25, 0.3) is 5.91 Å².